The number of phenols is 1. The van der Waals surface area contributed by atoms with Crippen LogP contribution in [0.5, 0.6) is 5.75 Å². The van der Waals surface area contributed by atoms with Gasteiger partial charge in [-0.25, -0.2) is 4.39 Å². The van der Waals surface area contributed by atoms with E-state index in [1.165, 1.54) is 6.07 Å². The zero-order valence-corrected chi connectivity index (χ0v) is 10.9. The zero-order chi connectivity index (χ0) is 13.6. The van der Waals surface area contributed by atoms with Crippen LogP contribution in [0.2, 0.25) is 5.02 Å². The Balaban J connectivity index is 2.28. The smallest absolute Gasteiger partial charge is 0.156 e. The van der Waals surface area contributed by atoms with Crippen molar-refractivity contribution in [1.29, 1.82) is 0 Å². The summed E-state index contributed by atoms with van der Waals surface area (Å²) in [6.07, 6.45) is 0. The molecule has 0 aliphatic rings. The van der Waals surface area contributed by atoms with Gasteiger partial charge >= 0.3 is 0 Å². The normalized spacial score (nSPS) is 11.1. The molecule has 4 heteroatoms. The summed E-state index contributed by atoms with van der Waals surface area (Å²) in [4.78, 5) is 2.99. The molecule has 19 heavy (non-hydrogen) atoms. The third-order valence-electron chi connectivity index (χ3n) is 3.12. The van der Waals surface area contributed by atoms with Crippen LogP contribution in [0.25, 0.3) is 22.2 Å². The van der Waals surface area contributed by atoms with Crippen LogP contribution in [0.1, 0.15) is 5.56 Å². The van der Waals surface area contributed by atoms with Crippen molar-refractivity contribution in [3.63, 3.8) is 0 Å². The molecular formula is C15H11ClFNO. The minimum absolute atomic E-state index is 0.0466. The number of aromatic hydroxyl groups is 1. The average molecular weight is 276 g/mol. The molecule has 3 aromatic rings. The number of hydrogen-bond acceptors (Lipinski definition) is 1. The first-order valence-electron chi connectivity index (χ1n) is 5.83. The Labute approximate surface area is 114 Å². The SMILES string of the molecule is Cc1ccc2[nH]c(-c3ccc(Cl)cc3O)c(F)c2c1. The van der Waals surface area contributed by atoms with Gasteiger partial charge in [0.15, 0.2) is 5.82 Å². The largest absolute Gasteiger partial charge is 0.507 e. The molecule has 0 saturated heterocycles. The van der Waals surface area contributed by atoms with Crippen LogP contribution in [0, 0.1) is 12.7 Å². The first-order valence-corrected chi connectivity index (χ1v) is 6.21. The number of benzene rings is 2. The van der Waals surface area contributed by atoms with E-state index < -0.39 is 0 Å². The molecule has 0 radical (unpaired) electrons. The Hall–Kier alpha value is -2.00. The summed E-state index contributed by atoms with van der Waals surface area (Å²) in [6, 6.07) is 10.1. The molecule has 0 fully saturated rings. The number of hydrogen-bond donors (Lipinski definition) is 2. The molecule has 3 rings (SSSR count). The van der Waals surface area contributed by atoms with Crippen molar-refractivity contribution in [3.8, 4) is 17.0 Å². The highest BCUT2D eigenvalue weighted by molar-refractivity contribution is 6.30. The number of aromatic nitrogens is 1. The van der Waals surface area contributed by atoms with Crippen molar-refractivity contribution in [2.24, 2.45) is 0 Å². The molecule has 2 N–H and O–H groups in total. The van der Waals surface area contributed by atoms with Gasteiger partial charge in [0.2, 0.25) is 0 Å². The molecule has 0 aliphatic heterocycles. The van der Waals surface area contributed by atoms with Crippen molar-refractivity contribution in [1.82, 2.24) is 4.98 Å². The van der Waals surface area contributed by atoms with Crippen molar-refractivity contribution >= 4 is 22.5 Å². The molecule has 1 heterocycles. The van der Waals surface area contributed by atoms with E-state index in [1.807, 2.05) is 19.1 Å². The number of rotatable bonds is 1. The predicted octanol–water partition coefficient (Wildman–Crippen LogP) is 4.64. The molecule has 0 saturated carbocycles. The van der Waals surface area contributed by atoms with E-state index in [0.29, 0.717) is 21.5 Å². The van der Waals surface area contributed by atoms with Crippen molar-refractivity contribution in [2.75, 3.05) is 0 Å². The first-order chi connectivity index (χ1) is 9.06. The number of aryl methyl sites for hydroxylation is 1. The second-order valence-corrected chi connectivity index (χ2v) is 4.96. The number of fused-ring (bicyclic) bond motifs is 1. The number of phenolic OH excluding ortho intramolecular Hbond substituents is 1. The molecule has 0 unspecified atom stereocenters. The molecule has 0 bridgehead atoms. The standard InChI is InChI=1S/C15H11ClFNO/c1-8-2-5-12-11(6-8)14(17)15(18-12)10-4-3-9(16)7-13(10)19/h2-7,18-19H,1H3. The quantitative estimate of drug-likeness (QED) is 0.667. The van der Waals surface area contributed by atoms with Crippen molar-refractivity contribution in [2.45, 2.75) is 6.92 Å². The molecule has 0 atom stereocenters. The lowest BCUT2D eigenvalue weighted by Gasteiger charge is -2.02. The maximum absolute atomic E-state index is 14.4. The van der Waals surface area contributed by atoms with E-state index >= 15 is 0 Å². The van der Waals surface area contributed by atoms with Gasteiger partial charge in [-0.2, -0.15) is 0 Å². The highest BCUT2D eigenvalue weighted by atomic mass is 35.5. The van der Waals surface area contributed by atoms with Gasteiger partial charge < -0.3 is 10.1 Å². The Kier molecular flexibility index (Phi) is 2.72. The van der Waals surface area contributed by atoms with E-state index in [-0.39, 0.29) is 17.3 Å². The third-order valence-corrected chi connectivity index (χ3v) is 3.35. The van der Waals surface area contributed by atoms with Gasteiger partial charge in [0.1, 0.15) is 5.75 Å². The minimum Gasteiger partial charge on any atom is -0.507 e. The van der Waals surface area contributed by atoms with Gasteiger partial charge in [-0.15, -0.1) is 0 Å². The molecule has 0 spiro atoms. The molecule has 2 aromatic carbocycles. The van der Waals surface area contributed by atoms with Gasteiger partial charge in [0, 0.05) is 21.5 Å². The van der Waals surface area contributed by atoms with Crippen LogP contribution in [-0.4, -0.2) is 10.1 Å². The maximum Gasteiger partial charge on any atom is 0.156 e. The van der Waals surface area contributed by atoms with Crippen LogP contribution < -0.4 is 0 Å². The van der Waals surface area contributed by atoms with Gasteiger partial charge in [0.05, 0.1) is 5.69 Å². The summed E-state index contributed by atoms with van der Waals surface area (Å²) in [7, 11) is 0. The van der Waals surface area contributed by atoms with Gasteiger partial charge in [-0.05, 0) is 37.3 Å². The predicted molar refractivity (Wildman–Crippen MR) is 75.1 cm³/mol. The highest BCUT2D eigenvalue weighted by Gasteiger charge is 2.15. The van der Waals surface area contributed by atoms with Crippen molar-refractivity contribution < 1.29 is 9.50 Å². The molecule has 2 nitrogen and oxygen atoms in total. The Morgan fingerprint density at radius 2 is 1.95 bits per heavy atom. The summed E-state index contributed by atoms with van der Waals surface area (Å²) < 4.78 is 14.4. The fraction of sp³-hybridized carbons (Fsp3) is 0.0667. The Morgan fingerprint density at radius 1 is 1.16 bits per heavy atom. The highest BCUT2D eigenvalue weighted by Crippen LogP contribution is 2.35. The Bertz CT molecular complexity index is 779. The van der Waals surface area contributed by atoms with Crippen LogP contribution in [0.15, 0.2) is 36.4 Å². The van der Waals surface area contributed by atoms with Gasteiger partial charge in [-0.3, -0.25) is 0 Å². The number of nitrogens with one attached hydrogen (secondary N) is 1. The van der Waals surface area contributed by atoms with Crippen molar-refractivity contribution in [3.05, 3.63) is 52.8 Å². The maximum atomic E-state index is 14.4. The average Bonchev–Trinajstić information content (AvgIpc) is 2.67. The lowest BCUT2D eigenvalue weighted by Crippen LogP contribution is -1.82. The van der Waals surface area contributed by atoms with E-state index in [4.69, 9.17) is 11.6 Å². The van der Waals surface area contributed by atoms with Gasteiger partial charge in [-0.1, -0.05) is 23.2 Å². The Morgan fingerprint density at radius 3 is 2.68 bits per heavy atom. The van der Waals surface area contributed by atoms with E-state index in [0.717, 1.165) is 5.56 Å². The van der Waals surface area contributed by atoms with E-state index in [1.54, 1.807) is 18.2 Å². The van der Waals surface area contributed by atoms with Crippen LogP contribution in [-0.2, 0) is 0 Å². The number of H-pyrrole nitrogens is 1. The van der Waals surface area contributed by atoms with E-state index in [9.17, 15) is 9.50 Å². The molecule has 1 aromatic heterocycles. The lowest BCUT2D eigenvalue weighted by molar-refractivity contribution is 0.476. The second-order valence-electron chi connectivity index (χ2n) is 4.52. The monoisotopic (exact) mass is 275 g/mol. The molecule has 96 valence electrons. The minimum atomic E-state index is -0.365. The molecule has 0 aliphatic carbocycles. The van der Waals surface area contributed by atoms with Gasteiger partial charge in [0.25, 0.3) is 0 Å². The second kappa shape index (κ2) is 4.28. The summed E-state index contributed by atoms with van der Waals surface area (Å²) in [5, 5.41) is 10.8. The zero-order valence-electron chi connectivity index (χ0n) is 10.2. The van der Waals surface area contributed by atoms with Crippen LogP contribution in [0.3, 0.4) is 0 Å². The fourth-order valence-corrected chi connectivity index (χ4v) is 2.34. The number of aromatic amines is 1. The third kappa shape index (κ3) is 1.96. The summed E-state index contributed by atoms with van der Waals surface area (Å²) >= 11 is 5.78. The fourth-order valence-electron chi connectivity index (χ4n) is 2.17. The molecular weight excluding hydrogens is 265 g/mol. The summed E-state index contributed by atoms with van der Waals surface area (Å²) in [6.45, 7) is 1.91. The van der Waals surface area contributed by atoms with Crippen LogP contribution >= 0.6 is 11.6 Å². The topological polar surface area (TPSA) is 36.0 Å². The summed E-state index contributed by atoms with van der Waals surface area (Å²) in [5.74, 6) is -0.411. The van der Waals surface area contributed by atoms with E-state index in [2.05, 4.69) is 4.98 Å². The van der Waals surface area contributed by atoms with Crippen LogP contribution in [0.4, 0.5) is 4.39 Å². The number of halogens is 2. The lowest BCUT2D eigenvalue weighted by atomic mass is 10.1. The first kappa shape index (κ1) is 12.1. The summed E-state index contributed by atoms with van der Waals surface area (Å²) in [5.41, 5.74) is 2.36. The molecule has 0 amide bonds.